The second-order valence-electron chi connectivity index (χ2n) is 6.47. The summed E-state index contributed by atoms with van der Waals surface area (Å²) in [7, 11) is 3.49. The summed E-state index contributed by atoms with van der Waals surface area (Å²) in [5.74, 6) is 1.71. The predicted octanol–water partition coefficient (Wildman–Crippen LogP) is 3.47. The smallest absolute Gasteiger partial charge is 0.191 e. The van der Waals surface area contributed by atoms with Crippen LogP contribution in [-0.2, 0) is 19.5 Å². The fraction of sp³-hybridized carbons (Fsp3) is 0.273. The molecule has 0 radical (unpaired) electrons. The van der Waals surface area contributed by atoms with E-state index in [0.29, 0.717) is 6.54 Å². The fourth-order valence-electron chi connectivity index (χ4n) is 3.06. The van der Waals surface area contributed by atoms with Crippen LogP contribution in [-0.4, -0.2) is 36.2 Å². The summed E-state index contributed by atoms with van der Waals surface area (Å²) in [4.78, 5) is 8.40. The van der Waals surface area contributed by atoms with Gasteiger partial charge < -0.3 is 19.9 Å². The van der Waals surface area contributed by atoms with E-state index in [0.717, 1.165) is 31.2 Å². The van der Waals surface area contributed by atoms with Crippen molar-refractivity contribution < 1.29 is 4.74 Å². The normalized spacial score (nSPS) is 10.9. The van der Waals surface area contributed by atoms with Crippen LogP contribution in [0.25, 0.3) is 0 Å². The monoisotopic (exact) mass is 505 g/mol. The van der Waals surface area contributed by atoms with Gasteiger partial charge in [0.05, 0.1) is 13.4 Å². The van der Waals surface area contributed by atoms with Gasteiger partial charge in [-0.25, -0.2) is 4.98 Å². The van der Waals surface area contributed by atoms with Crippen molar-refractivity contribution in [3.63, 3.8) is 0 Å². The average molecular weight is 505 g/mol. The number of para-hydroxylation sites is 1. The van der Waals surface area contributed by atoms with E-state index < -0.39 is 0 Å². The largest absolute Gasteiger partial charge is 0.496 e. The van der Waals surface area contributed by atoms with Crippen molar-refractivity contribution in [2.75, 3.05) is 20.7 Å². The highest BCUT2D eigenvalue weighted by atomic mass is 127. The van der Waals surface area contributed by atoms with E-state index in [1.54, 1.807) is 20.4 Å². The Labute approximate surface area is 189 Å². The molecule has 0 atom stereocenters. The lowest BCUT2D eigenvalue weighted by molar-refractivity contribution is 0.409. The summed E-state index contributed by atoms with van der Waals surface area (Å²) in [6.07, 6.45) is 6.47. The Hall–Kier alpha value is -2.55. The van der Waals surface area contributed by atoms with Crippen LogP contribution in [0.4, 0.5) is 0 Å². The van der Waals surface area contributed by atoms with Gasteiger partial charge in [-0.15, -0.1) is 24.0 Å². The molecular formula is C22H28IN5O. The number of hydrogen-bond acceptors (Lipinski definition) is 3. The van der Waals surface area contributed by atoms with Gasteiger partial charge in [-0.1, -0.05) is 42.5 Å². The molecule has 6 nitrogen and oxygen atoms in total. The summed E-state index contributed by atoms with van der Waals surface area (Å²) in [5, 5.41) is 6.74. The molecule has 0 aliphatic heterocycles. The summed E-state index contributed by atoms with van der Waals surface area (Å²) < 4.78 is 7.46. The zero-order valence-electron chi connectivity index (χ0n) is 16.8. The summed E-state index contributed by atoms with van der Waals surface area (Å²) in [6.45, 7) is 2.31. The van der Waals surface area contributed by atoms with Crippen molar-refractivity contribution >= 4 is 29.9 Å². The average Bonchev–Trinajstić information content (AvgIpc) is 3.24. The minimum absolute atomic E-state index is 0. The minimum Gasteiger partial charge on any atom is -0.496 e. The highest BCUT2D eigenvalue weighted by Crippen LogP contribution is 2.17. The molecule has 0 amide bonds. The number of nitrogens with zero attached hydrogens (tertiary/aromatic N) is 3. The number of imidazole rings is 1. The van der Waals surface area contributed by atoms with Gasteiger partial charge in [-0.05, 0) is 29.2 Å². The van der Waals surface area contributed by atoms with E-state index in [-0.39, 0.29) is 24.0 Å². The molecule has 29 heavy (non-hydrogen) atoms. The lowest BCUT2D eigenvalue weighted by Crippen LogP contribution is -2.37. The molecule has 0 aliphatic rings. The van der Waals surface area contributed by atoms with E-state index >= 15 is 0 Å². The molecule has 154 valence electrons. The van der Waals surface area contributed by atoms with Crippen molar-refractivity contribution in [3.8, 4) is 5.75 Å². The van der Waals surface area contributed by atoms with Gasteiger partial charge in [0.25, 0.3) is 0 Å². The van der Waals surface area contributed by atoms with Crippen LogP contribution in [0.15, 0.2) is 72.2 Å². The number of hydrogen-bond donors (Lipinski definition) is 2. The molecule has 3 rings (SSSR count). The lowest BCUT2D eigenvalue weighted by atomic mass is 10.1. The molecule has 0 spiro atoms. The van der Waals surface area contributed by atoms with Crippen LogP contribution >= 0.6 is 24.0 Å². The molecule has 1 heterocycles. The third-order valence-corrected chi connectivity index (χ3v) is 4.48. The molecule has 2 N–H and O–H groups in total. The van der Waals surface area contributed by atoms with Gasteiger partial charge in [0, 0.05) is 39.1 Å². The third-order valence-electron chi connectivity index (χ3n) is 4.48. The second-order valence-corrected chi connectivity index (χ2v) is 6.47. The van der Waals surface area contributed by atoms with Crippen LogP contribution in [0.5, 0.6) is 5.75 Å². The summed E-state index contributed by atoms with van der Waals surface area (Å²) in [6, 6.07) is 16.6. The molecule has 3 aromatic rings. The SMILES string of the molecule is CN=C(NCCc1ccccc1OC)NCc1cccc(Cn2ccnc2)c1.I. The first-order valence-corrected chi connectivity index (χ1v) is 9.38. The lowest BCUT2D eigenvalue weighted by Gasteiger charge is -2.13. The Morgan fingerprint density at radius 2 is 1.93 bits per heavy atom. The molecule has 2 aromatic carbocycles. The van der Waals surface area contributed by atoms with Crippen LogP contribution in [0, 0.1) is 0 Å². The van der Waals surface area contributed by atoms with E-state index in [1.807, 2.05) is 30.7 Å². The zero-order valence-corrected chi connectivity index (χ0v) is 19.2. The maximum atomic E-state index is 5.40. The first-order chi connectivity index (χ1) is 13.8. The number of aromatic nitrogens is 2. The van der Waals surface area contributed by atoms with Gasteiger partial charge in [0.1, 0.15) is 5.75 Å². The maximum Gasteiger partial charge on any atom is 0.191 e. The first kappa shape index (κ1) is 22.7. The van der Waals surface area contributed by atoms with Gasteiger partial charge in [-0.3, -0.25) is 4.99 Å². The highest BCUT2D eigenvalue weighted by molar-refractivity contribution is 14.0. The van der Waals surface area contributed by atoms with Gasteiger partial charge in [-0.2, -0.15) is 0 Å². The van der Waals surface area contributed by atoms with Crippen molar-refractivity contribution in [2.24, 2.45) is 4.99 Å². The van der Waals surface area contributed by atoms with Crippen LogP contribution in [0.1, 0.15) is 16.7 Å². The van der Waals surface area contributed by atoms with E-state index in [1.165, 1.54) is 16.7 Å². The fourth-order valence-corrected chi connectivity index (χ4v) is 3.06. The molecule has 0 aliphatic carbocycles. The molecule has 0 fully saturated rings. The van der Waals surface area contributed by atoms with E-state index in [9.17, 15) is 0 Å². The van der Waals surface area contributed by atoms with Crippen LogP contribution < -0.4 is 15.4 Å². The Kier molecular flexibility index (Phi) is 9.49. The molecular weight excluding hydrogens is 477 g/mol. The van der Waals surface area contributed by atoms with E-state index in [2.05, 4.69) is 55.5 Å². The minimum atomic E-state index is 0. The highest BCUT2D eigenvalue weighted by Gasteiger charge is 2.03. The Morgan fingerprint density at radius 1 is 1.10 bits per heavy atom. The Bertz CT molecular complexity index is 896. The van der Waals surface area contributed by atoms with Crippen molar-refractivity contribution in [1.82, 2.24) is 20.2 Å². The van der Waals surface area contributed by atoms with Gasteiger partial charge in [0.2, 0.25) is 0 Å². The summed E-state index contributed by atoms with van der Waals surface area (Å²) >= 11 is 0. The number of ether oxygens (including phenoxy) is 1. The van der Waals surface area contributed by atoms with Crippen molar-refractivity contribution in [2.45, 2.75) is 19.5 Å². The standard InChI is InChI=1S/C22H27N5O.HI/c1-23-22(25-11-10-20-8-3-4-9-21(20)28-2)26-15-18-6-5-7-19(14-18)16-27-13-12-24-17-27;/h3-9,12-14,17H,10-11,15-16H2,1-2H3,(H2,23,25,26);1H. The molecule has 0 bridgehead atoms. The predicted molar refractivity (Wildman–Crippen MR) is 128 cm³/mol. The molecule has 0 saturated carbocycles. The molecule has 1 aromatic heterocycles. The quantitative estimate of drug-likeness (QED) is 0.280. The van der Waals surface area contributed by atoms with E-state index in [4.69, 9.17) is 4.74 Å². The Balaban J connectivity index is 0.00000300. The maximum absolute atomic E-state index is 5.40. The number of benzene rings is 2. The molecule has 0 unspecified atom stereocenters. The van der Waals surface area contributed by atoms with Gasteiger partial charge in [0.15, 0.2) is 5.96 Å². The topological polar surface area (TPSA) is 63.5 Å². The zero-order chi connectivity index (χ0) is 19.6. The first-order valence-electron chi connectivity index (χ1n) is 9.38. The van der Waals surface area contributed by atoms with Crippen LogP contribution in [0.3, 0.4) is 0 Å². The number of aliphatic imine (C=N–C) groups is 1. The number of guanidine groups is 1. The van der Waals surface area contributed by atoms with Gasteiger partial charge >= 0.3 is 0 Å². The second kappa shape index (κ2) is 12.1. The number of halogens is 1. The molecule has 0 saturated heterocycles. The van der Waals surface area contributed by atoms with Crippen molar-refractivity contribution in [3.05, 3.63) is 83.9 Å². The van der Waals surface area contributed by atoms with Crippen molar-refractivity contribution in [1.29, 1.82) is 0 Å². The Morgan fingerprint density at radius 3 is 2.69 bits per heavy atom. The third kappa shape index (κ3) is 7.08. The molecule has 7 heteroatoms. The van der Waals surface area contributed by atoms with Crippen LogP contribution in [0.2, 0.25) is 0 Å². The number of methoxy groups -OCH3 is 1. The number of rotatable bonds is 8. The number of nitrogens with one attached hydrogen (secondary N) is 2. The summed E-state index contributed by atoms with van der Waals surface area (Å²) in [5.41, 5.74) is 3.64.